The van der Waals surface area contributed by atoms with E-state index in [0.29, 0.717) is 5.88 Å². The first kappa shape index (κ1) is 15.8. The van der Waals surface area contributed by atoms with E-state index in [4.69, 9.17) is 4.74 Å². The lowest BCUT2D eigenvalue weighted by Gasteiger charge is -2.27. The lowest BCUT2D eigenvalue weighted by molar-refractivity contribution is -0.128. The second-order valence-corrected chi connectivity index (χ2v) is 6.22. The molecule has 1 aliphatic carbocycles. The first-order valence-electron chi connectivity index (χ1n) is 8.11. The normalized spacial score (nSPS) is 22.7. The Balaban J connectivity index is 1.63. The van der Waals surface area contributed by atoms with Crippen molar-refractivity contribution < 1.29 is 14.6 Å². The minimum absolute atomic E-state index is 0.123. The molecule has 1 fully saturated rings. The largest absolute Gasteiger partial charge is 0.463 e. The van der Waals surface area contributed by atoms with E-state index >= 15 is 0 Å². The van der Waals surface area contributed by atoms with Gasteiger partial charge in [0, 0.05) is 13.1 Å². The number of aliphatic hydroxyl groups excluding tert-OH is 1. The van der Waals surface area contributed by atoms with E-state index in [1.165, 1.54) is 0 Å². The van der Waals surface area contributed by atoms with Crippen LogP contribution in [0, 0.1) is 0 Å². The molecule has 2 N–H and O–H groups in total. The van der Waals surface area contributed by atoms with Crippen LogP contribution in [-0.2, 0) is 11.8 Å². The number of carbonyl (C=O) groups excluding carboxylic acids is 1. The van der Waals surface area contributed by atoms with Crippen molar-refractivity contribution in [3.05, 3.63) is 24.3 Å². The number of hydrogen-bond donors (Lipinski definition) is 2. The Morgan fingerprint density at radius 3 is 2.78 bits per heavy atom. The maximum atomic E-state index is 12.3. The lowest BCUT2D eigenvalue weighted by Crippen LogP contribution is -2.44. The molecule has 0 saturated heterocycles. The van der Waals surface area contributed by atoms with Gasteiger partial charge in [0.25, 0.3) is 5.91 Å². The number of ether oxygens (including phenoxy) is 1. The number of hydrogen-bond acceptors (Lipinski definition) is 4. The molecule has 3 rings (SSSR count). The average molecular weight is 317 g/mol. The first-order valence-corrected chi connectivity index (χ1v) is 8.11. The van der Waals surface area contributed by atoms with Crippen molar-refractivity contribution in [1.82, 2.24) is 15.1 Å². The summed E-state index contributed by atoms with van der Waals surface area (Å²) >= 11 is 0. The summed E-state index contributed by atoms with van der Waals surface area (Å²) < 4.78 is 7.53. The molecule has 0 aliphatic heterocycles. The van der Waals surface area contributed by atoms with Crippen LogP contribution in [0.5, 0.6) is 5.88 Å². The molecule has 1 aromatic carbocycles. The summed E-state index contributed by atoms with van der Waals surface area (Å²) in [6, 6.07) is 7.89. The molecule has 0 unspecified atom stereocenters. The molecule has 1 atom stereocenters. The predicted octanol–water partition coefficient (Wildman–Crippen LogP) is 1.76. The summed E-state index contributed by atoms with van der Waals surface area (Å²) in [5.41, 5.74) is 0.969. The highest BCUT2D eigenvalue weighted by atomic mass is 16.5. The van der Waals surface area contributed by atoms with E-state index in [9.17, 15) is 9.90 Å². The van der Waals surface area contributed by atoms with Gasteiger partial charge in [-0.2, -0.15) is 0 Å². The molecule has 1 aliphatic rings. The van der Waals surface area contributed by atoms with E-state index in [1.807, 2.05) is 31.3 Å². The van der Waals surface area contributed by atoms with Gasteiger partial charge in [-0.3, -0.25) is 9.48 Å². The third kappa shape index (κ3) is 3.47. The van der Waals surface area contributed by atoms with Gasteiger partial charge in [-0.25, -0.2) is 0 Å². The fourth-order valence-corrected chi connectivity index (χ4v) is 3.03. The van der Waals surface area contributed by atoms with Crippen molar-refractivity contribution in [3.8, 4) is 5.88 Å². The van der Waals surface area contributed by atoms with E-state index in [2.05, 4.69) is 10.4 Å². The van der Waals surface area contributed by atoms with Gasteiger partial charge in [0.05, 0.1) is 17.0 Å². The van der Waals surface area contributed by atoms with Crippen molar-refractivity contribution in [2.75, 3.05) is 0 Å². The van der Waals surface area contributed by atoms with Crippen LogP contribution in [0.4, 0.5) is 0 Å². The topological polar surface area (TPSA) is 76.4 Å². The van der Waals surface area contributed by atoms with Crippen molar-refractivity contribution in [3.63, 3.8) is 0 Å². The highest BCUT2D eigenvalue weighted by Gasteiger charge is 2.24. The van der Waals surface area contributed by atoms with Crippen LogP contribution in [0.1, 0.15) is 32.6 Å². The number of amides is 1. The van der Waals surface area contributed by atoms with Gasteiger partial charge in [0.1, 0.15) is 0 Å². The molecule has 1 saturated carbocycles. The van der Waals surface area contributed by atoms with Crippen LogP contribution < -0.4 is 10.1 Å². The fraction of sp³-hybridized carbons (Fsp3) is 0.529. The Labute approximate surface area is 135 Å². The van der Waals surface area contributed by atoms with Gasteiger partial charge in [-0.05, 0) is 44.7 Å². The number of aliphatic hydroxyl groups is 1. The van der Waals surface area contributed by atoms with Gasteiger partial charge in [0.15, 0.2) is 6.10 Å². The minimum Gasteiger partial charge on any atom is -0.463 e. The van der Waals surface area contributed by atoms with Crippen molar-refractivity contribution in [2.45, 2.75) is 50.9 Å². The summed E-state index contributed by atoms with van der Waals surface area (Å²) in [4.78, 5) is 12.3. The average Bonchev–Trinajstić information content (AvgIpc) is 2.86. The molecular formula is C17H23N3O3. The second-order valence-electron chi connectivity index (χ2n) is 6.22. The van der Waals surface area contributed by atoms with E-state index in [1.54, 1.807) is 11.6 Å². The van der Waals surface area contributed by atoms with Crippen molar-refractivity contribution in [1.29, 1.82) is 0 Å². The Kier molecular flexibility index (Phi) is 4.52. The molecule has 23 heavy (non-hydrogen) atoms. The zero-order valence-corrected chi connectivity index (χ0v) is 13.5. The summed E-state index contributed by atoms with van der Waals surface area (Å²) in [7, 11) is 1.85. The number of carbonyl (C=O) groups is 1. The monoisotopic (exact) mass is 317 g/mol. The van der Waals surface area contributed by atoms with Crippen molar-refractivity contribution >= 4 is 16.8 Å². The third-order valence-corrected chi connectivity index (χ3v) is 4.42. The number of nitrogens with one attached hydrogen (secondary N) is 1. The molecule has 0 radical (unpaired) electrons. The van der Waals surface area contributed by atoms with E-state index < -0.39 is 6.10 Å². The quantitative estimate of drug-likeness (QED) is 0.901. The summed E-state index contributed by atoms with van der Waals surface area (Å²) in [6.07, 6.45) is 2.27. The van der Waals surface area contributed by atoms with Crippen molar-refractivity contribution in [2.24, 2.45) is 7.05 Å². The number of aromatic nitrogens is 2. The zero-order chi connectivity index (χ0) is 16.4. The van der Waals surface area contributed by atoms with Crippen LogP contribution in [0.15, 0.2) is 24.3 Å². The molecule has 0 bridgehead atoms. The number of benzene rings is 1. The molecule has 1 aromatic heterocycles. The molecule has 0 spiro atoms. The highest BCUT2D eigenvalue weighted by Crippen LogP contribution is 2.25. The minimum atomic E-state index is -0.611. The van der Waals surface area contributed by atoms with Crippen LogP contribution in [0.25, 0.3) is 10.9 Å². The van der Waals surface area contributed by atoms with Gasteiger partial charge in [0.2, 0.25) is 5.88 Å². The number of nitrogens with zero attached hydrogens (tertiary/aromatic N) is 2. The number of fused-ring (bicyclic) bond motifs is 1. The fourth-order valence-electron chi connectivity index (χ4n) is 3.03. The summed E-state index contributed by atoms with van der Waals surface area (Å²) in [5, 5.41) is 17.8. The van der Waals surface area contributed by atoms with Gasteiger partial charge < -0.3 is 15.2 Å². The maximum absolute atomic E-state index is 12.3. The smallest absolute Gasteiger partial charge is 0.261 e. The maximum Gasteiger partial charge on any atom is 0.261 e. The molecule has 124 valence electrons. The van der Waals surface area contributed by atoms with Crippen LogP contribution in [0.2, 0.25) is 0 Å². The lowest BCUT2D eigenvalue weighted by atomic mass is 9.93. The van der Waals surface area contributed by atoms with E-state index in [0.717, 1.165) is 36.6 Å². The molecule has 2 aromatic rings. The highest BCUT2D eigenvalue weighted by molar-refractivity contribution is 5.86. The SMILES string of the molecule is C[C@@H](Oc1nn(C)c2ccccc12)C(=O)NC1CCC(O)CC1. The molecule has 6 heteroatoms. The van der Waals surface area contributed by atoms with Gasteiger partial charge >= 0.3 is 0 Å². The molecular weight excluding hydrogens is 294 g/mol. The van der Waals surface area contributed by atoms with Gasteiger partial charge in [-0.15, -0.1) is 5.10 Å². The Morgan fingerprint density at radius 1 is 1.35 bits per heavy atom. The molecule has 6 nitrogen and oxygen atoms in total. The molecule has 1 amide bonds. The number of para-hydroxylation sites is 1. The Bertz CT molecular complexity index is 689. The van der Waals surface area contributed by atoms with Crippen LogP contribution >= 0.6 is 0 Å². The second kappa shape index (κ2) is 6.58. The number of rotatable bonds is 4. The standard InChI is InChI=1S/C17H23N3O3/c1-11(16(22)18-12-7-9-13(21)10-8-12)23-17-14-5-3-4-6-15(14)20(2)19-17/h3-6,11-13,21H,7-10H2,1-2H3,(H,18,22)/t11-,12?,13?/m1/s1. The predicted molar refractivity (Wildman–Crippen MR) is 87.2 cm³/mol. The summed E-state index contributed by atoms with van der Waals surface area (Å²) in [6.45, 7) is 1.73. The van der Waals surface area contributed by atoms with Crippen LogP contribution in [0.3, 0.4) is 0 Å². The Hall–Kier alpha value is -2.08. The third-order valence-electron chi connectivity index (χ3n) is 4.42. The zero-order valence-electron chi connectivity index (χ0n) is 13.5. The number of aryl methyl sites for hydroxylation is 1. The first-order chi connectivity index (χ1) is 11.0. The summed E-state index contributed by atoms with van der Waals surface area (Å²) in [5.74, 6) is 0.339. The van der Waals surface area contributed by atoms with E-state index in [-0.39, 0.29) is 18.1 Å². The molecule has 1 heterocycles. The van der Waals surface area contributed by atoms with Gasteiger partial charge in [-0.1, -0.05) is 12.1 Å². The van der Waals surface area contributed by atoms with Crippen LogP contribution in [-0.4, -0.2) is 39.0 Å². The Morgan fingerprint density at radius 2 is 2.04 bits per heavy atom.